The molecule has 1 amide bonds. The molecule has 0 atom stereocenters. The molecule has 3 heterocycles. The minimum atomic E-state index is -0.0379. The Hall–Kier alpha value is -2.89. The van der Waals surface area contributed by atoms with Crippen LogP contribution in [-0.4, -0.2) is 32.0 Å². The number of para-hydroxylation sites is 1. The number of aryl methyl sites for hydroxylation is 2. The number of fused-ring (bicyclic) bond motifs is 3. The summed E-state index contributed by atoms with van der Waals surface area (Å²) in [6, 6.07) is 7.37. The van der Waals surface area contributed by atoms with Gasteiger partial charge in [-0.25, -0.2) is 9.50 Å². The van der Waals surface area contributed by atoms with Crippen LogP contribution in [0.15, 0.2) is 30.5 Å². The highest BCUT2D eigenvalue weighted by atomic mass is 16.5. The van der Waals surface area contributed by atoms with Gasteiger partial charge in [0.25, 0.3) is 5.91 Å². The first-order chi connectivity index (χ1) is 12.1. The number of benzene rings is 1. The van der Waals surface area contributed by atoms with Gasteiger partial charge in [-0.1, -0.05) is 12.1 Å². The predicted molar refractivity (Wildman–Crippen MR) is 93.6 cm³/mol. The molecule has 0 saturated heterocycles. The summed E-state index contributed by atoms with van der Waals surface area (Å²) in [4.78, 5) is 19.4. The van der Waals surface area contributed by atoms with E-state index in [0.717, 1.165) is 28.2 Å². The summed E-state index contributed by atoms with van der Waals surface area (Å²) in [7, 11) is 0. The van der Waals surface area contributed by atoms with Crippen LogP contribution < -0.4 is 4.74 Å². The van der Waals surface area contributed by atoms with Gasteiger partial charge in [0, 0.05) is 17.5 Å². The van der Waals surface area contributed by atoms with Crippen molar-refractivity contribution < 1.29 is 9.53 Å². The molecule has 1 aliphatic heterocycles. The van der Waals surface area contributed by atoms with Gasteiger partial charge in [-0.05, 0) is 38.5 Å². The van der Waals surface area contributed by atoms with E-state index in [0.29, 0.717) is 31.0 Å². The van der Waals surface area contributed by atoms with Gasteiger partial charge in [0.1, 0.15) is 5.75 Å². The molecule has 0 spiro atoms. The molecule has 0 saturated carbocycles. The van der Waals surface area contributed by atoms with Crippen molar-refractivity contribution >= 4 is 11.6 Å². The standard InChI is InChI=1S/C19H20N4O2/c1-4-25-17-8-6-5-7-14(17)19(24)22-10-15-16(11-22)21-23-9-12(2)13(3)20-18(15)23/h5-9H,4,10-11H2,1-3H3. The van der Waals surface area contributed by atoms with Crippen LogP contribution in [0.3, 0.4) is 0 Å². The minimum Gasteiger partial charge on any atom is -0.493 e. The zero-order valence-corrected chi connectivity index (χ0v) is 14.6. The predicted octanol–water partition coefficient (Wildman–Crippen LogP) is 2.90. The van der Waals surface area contributed by atoms with E-state index < -0.39 is 0 Å². The van der Waals surface area contributed by atoms with Crippen LogP contribution in [0, 0.1) is 13.8 Å². The average Bonchev–Trinajstić information content (AvgIpc) is 3.14. The maximum atomic E-state index is 13.0. The van der Waals surface area contributed by atoms with Crippen molar-refractivity contribution in [2.24, 2.45) is 0 Å². The van der Waals surface area contributed by atoms with Crippen LogP contribution in [0.1, 0.15) is 39.8 Å². The second-order valence-corrected chi connectivity index (χ2v) is 6.29. The van der Waals surface area contributed by atoms with Crippen LogP contribution in [0.2, 0.25) is 0 Å². The zero-order valence-electron chi connectivity index (χ0n) is 14.6. The van der Waals surface area contributed by atoms with E-state index in [1.807, 2.05) is 55.7 Å². The molecule has 25 heavy (non-hydrogen) atoms. The fraction of sp³-hybridized carbons (Fsp3) is 0.316. The fourth-order valence-electron chi connectivity index (χ4n) is 3.19. The van der Waals surface area contributed by atoms with Crippen molar-refractivity contribution in [3.8, 4) is 5.75 Å². The van der Waals surface area contributed by atoms with Gasteiger partial charge in [0.2, 0.25) is 0 Å². The third kappa shape index (κ3) is 2.54. The highest BCUT2D eigenvalue weighted by molar-refractivity contribution is 5.97. The Morgan fingerprint density at radius 3 is 2.84 bits per heavy atom. The Labute approximate surface area is 146 Å². The van der Waals surface area contributed by atoms with E-state index in [4.69, 9.17) is 4.74 Å². The number of rotatable bonds is 3. The monoisotopic (exact) mass is 336 g/mol. The van der Waals surface area contributed by atoms with Crippen molar-refractivity contribution in [3.05, 3.63) is 58.5 Å². The van der Waals surface area contributed by atoms with Crippen molar-refractivity contribution in [2.45, 2.75) is 33.9 Å². The quantitative estimate of drug-likeness (QED) is 0.738. The van der Waals surface area contributed by atoms with Gasteiger partial charge >= 0.3 is 0 Å². The molecule has 6 nitrogen and oxygen atoms in total. The Bertz CT molecular complexity index is 977. The number of amides is 1. The van der Waals surface area contributed by atoms with E-state index in [1.165, 1.54) is 0 Å². The van der Waals surface area contributed by atoms with Crippen molar-refractivity contribution in [3.63, 3.8) is 0 Å². The Kier molecular flexibility index (Phi) is 3.67. The average molecular weight is 336 g/mol. The molecule has 4 rings (SSSR count). The Morgan fingerprint density at radius 1 is 1.24 bits per heavy atom. The van der Waals surface area contributed by atoms with Crippen molar-refractivity contribution in [1.29, 1.82) is 0 Å². The van der Waals surface area contributed by atoms with Gasteiger partial charge in [0.15, 0.2) is 5.65 Å². The fourth-order valence-corrected chi connectivity index (χ4v) is 3.19. The third-order valence-corrected chi connectivity index (χ3v) is 4.62. The van der Waals surface area contributed by atoms with Crippen LogP contribution in [0.4, 0.5) is 0 Å². The molecular weight excluding hydrogens is 316 g/mol. The second kappa shape index (κ2) is 5.88. The maximum Gasteiger partial charge on any atom is 0.258 e. The lowest BCUT2D eigenvalue weighted by atomic mass is 10.1. The summed E-state index contributed by atoms with van der Waals surface area (Å²) in [5, 5.41) is 4.61. The summed E-state index contributed by atoms with van der Waals surface area (Å²) in [6.07, 6.45) is 1.99. The number of carbonyl (C=O) groups is 1. The van der Waals surface area contributed by atoms with Gasteiger partial charge in [-0.2, -0.15) is 5.10 Å². The van der Waals surface area contributed by atoms with E-state index in [-0.39, 0.29) is 5.91 Å². The first-order valence-corrected chi connectivity index (χ1v) is 8.44. The number of aromatic nitrogens is 3. The number of nitrogens with zero attached hydrogens (tertiary/aromatic N) is 4. The molecule has 0 aliphatic carbocycles. The van der Waals surface area contributed by atoms with Gasteiger partial charge in [0.05, 0.1) is 31.0 Å². The van der Waals surface area contributed by atoms with E-state index in [9.17, 15) is 4.79 Å². The molecule has 0 radical (unpaired) electrons. The number of hydrogen-bond donors (Lipinski definition) is 0. The Morgan fingerprint density at radius 2 is 2.04 bits per heavy atom. The Balaban J connectivity index is 1.66. The van der Waals surface area contributed by atoms with Crippen LogP contribution in [0.25, 0.3) is 5.65 Å². The molecule has 128 valence electrons. The number of ether oxygens (including phenoxy) is 1. The van der Waals surface area contributed by atoms with Gasteiger partial charge in [-0.15, -0.1) is 0 Å². The lowest BCUT2D eigenvalue weighted by Gasteiger charge is -2.18. The van der Waals surface area contributed by atoms with E-state index in [2.05, 4.69) is 10.1 Å². The second-order valence-electron chi connectivity index (χ2n) is 6.29. The lowest BCUT2D eigenvalue weighted by molar-refractivity contribution is 0.0745. The molecule has 3 aromatic rings. The first kappa shape index (κ1) is 15.6. The molecule has 2 aromatic heterocycles. The topological polar surface area (TPSA) is 59.7 Å². The van der Waals surface area contributed by atoms with Crippen molar-refractivity contribution in [2.75, 3.05) is 6.61 Å². The summed E-state index contributed by atoms with van der Waals surface area (Å²) in [6.45, 7) is 7.47. The molecule has 0 N–H and O–H groups in total. The van der Waals surface area contributed by atoms with Gasteiger partial charge in [-0.3, -0.25) is 4.79 Å². The maximum absolute atomic E-state index is 13.0. The smallest absolute Gasteiger partial charge is 0.258 e. The lowest BCUT2D eigenvalue weighted by Crippen LogP contribution is -2.26. The molecule has 0 fully saturated rings. The van der Waals surface area contributed by atoms with E-state index in [1.54, 1.807) is 4.90 Å². The first-order valence-electron chi connectivity index (χ1n) is 8.44. The summed E-state index contributed by atoms with van der Waals surface area (Å²) < 4.78 is 7.42. The van der Waals surface area contributed by atoms with Crippen molar-refractivity contribution in [1.82, 2.24) is 19.5 Å². The minimum absolute atomic E-state index is 0.0379. The summed E-state index contributed by atoms with van der Waals surface area (Å²) >= 11 is 0. The highest BCUT2D eigenvalue weighted by Gasteiger charge is 2.30. The van der Waals surface area contributed by atoms with Crippen LogP contribution in [-0.2, 0) is 13.1 Å². The molecule has 1 aromatic carbocycles. The van der Waals surface area contributed by atoms with Gasteiger partial charge < -0.3 is 9.64 Å². The summed E-state index contributed by atoms with van der Waals surface area (Å²) in [5.74, 6) is 0.586. The molecule has 0 unspecified atom stereocenters. The summed E-state index contributed by atoms with van der Waals surface area (Å²) in [5.41, 5.74) is 5.47. The zero-order chi connectivity index (χ0) is 17.6. The SMILES string of the molecule is CCOc1ccccc1C(=O)N1Cc2nn3cc(C)c(C)nc3c2C1. The van der Waals surface area contributed by atoms with E-state index >= 15 is 0 Å². The number of carbonyl (C=O) groups excluding carboxylic acids is 1. The van der Waals surface area contributed by atoms with Crippen LogP contribution in [0.5, 0.6) is 5.75 Å². The third-order valence-electron chi connectivity index (χ3n) is 4.62. The normalized spacial score (nSPS) is 13.3. The largest absolute Gasteiger partial charge is 0.493 e. The molecule has 1 aliphatic rings. The van der Waals surface area contributed by atoms with Crippen LogP contribution >= 0.6 is 0 Å². The highest BCUT2D eigenvalue weighted by Crippen LogP contribution is 2.29. The molecule has 0 bridgehead atoms. The number of hydrogen-bond acceptors (Lipinski definition) is 4. The molecule has 6 heteroatoms. The molecular formula is C19H20N4O2.